The molecule has 1 aromatic carbocycles. The van der Waals surface area contributed by atoms with Gasteiger partial charge in [-0.05, 0) is 31.0 Å². The van der Waals surface area contributed by atoms with Crippen molar-refractivity contribution in [3.05, 3.63) is 42.0 Å². The smallest absolute Gasteiger partial charge is 0.191 e. The van der Waals surface area contributed by atoms with Crippen LogP contribution in [0.2, 0.25) is 0 Å². The molecule has 6 nitrogen and oxygen atoms in total. The number of hydrogen-bond acceptors (Lipinski definition) is 4. The Kier molecular flexibility index (Phi) is 9.42. The first-order chi connectivity index (χ1) is 11.9. The van der Waals surface area contributed by atoms with Crippen LogP contribution in [0, 0.1) is 0 Å². The highest BCUT2D eigenvalue weighted by molar-refractivity contribution is 14.0. The summed E-state index contributed by atoms with van der Waals surface area (Å²) >= 11 is 0. The monoisotopic (exact) mass is 492 g/mol. The second kappa shape index (κ2) is 10.8. The Bertz CT molecular complexity index is 726. The molecule has 0 spiro atoms. The molecule has 0 saturated carbocycles. The zero-order valence-corrected chi connectivity index (χ0v) is 18.8. The van der Waals surface area contributed by atoms with E-state index in [1.54, 1.807) is 7.05 Å². The van der Waals surface area contributed by atoms with Gasteiger partial charge in [-0.3, -0.25) is 4.99 Å². The molecule has 1 aliphatic heterocycles. The molecule has 0 aliphatic carbocycles. The minimum atomic E-state index is -2.94. The van der Waals surface area contributed by atoms with E-state index in [-0.39, 0.29) is 35.8 Å². The maximum absolute atomic E-state index is 11.3. The van der Waals surface area contributed by atoms with Crippen molar-refractivity contribution in [3.8, 4) is 0 Å². The summed E-state index contributed by atoms with van der Waals surface area (Å²) in [5, 5.41) is 6.52. The SMILES string of the molecule is CN=C(NCc1cccc(N2CC=CC2)c1)NC(C)CCS(C)(=O)=O.I. The molecule has 0 amide bonds. The molecule has 1 aromatic rings. The lowest BCUT2D eigenvalue weighted by atomic mass is 10.2. The Morgan fingerprint density at radius 1 is 1.31 bits per heavy atom. The summed E-state index contributed by atoms with van der Waals surface area (Å²) < 4.78 is 22.5. The number of sulfone groups is 1. The third kappa shape index (κ3) is 7.94. The van der Waals surface area contributed by atoms with Crippen molar-refractivity contribution in [2.45, 2.75) is 25.9 Å². The quantitative estimate of drug-likeness (QED) is 0.264. The molecule has 0 bridgehead atoms. The van der Waals surface area contributed by atoms with E-state index in [2.05, 4.69) is 56.9 Å². The van der Waals surface area contributed by atoms with Crippen molar-refractivity contribution in [2.24, 2.45) is 4.99 Å². The lowest BCUT2D eigenvalue weighted by Crippen LogP contribution is -2.42. The van der Waals surface area contributed by atoms with E-state index in [1.807, 2.05) is 6.92 Å². The van der Waals surface area contributed by atoms with Crippen LogP contribution in [0.4, 0.5) is 5.69 Å². The van der Waals surface area contributed by atoms with E-state index in [0.29, 0.717) is 18.9 Å². The average Bonchev–Trinajstić information content (AvgIpc) is 3.11. The number of halogens is 1. The largest absolute Gasteiger partial charge is 0.364 e. The van der Waals surface area contributed by atoms with Gasteiger partial charge in [-0.2, -0.15) is 0 Å². The normalized spacial score (nSPS) is 15.5. The van der Waals surface area contributed by atoms with Gasteiger partial charge in [-0.15, -0.1) is 24.0 Å². The van der Waals surface area contributed by atoms with Crippen molar-refractivity contribution in [1.29, 1.82) is 0 Å². The number of guanidine groups is 1. The van der Waals surface area contributed by atoms with Gasteiger partial charge in [0.15, 0.2) is 5.96 Å². The van der Waals surface area contributed by atoms with Crippen LogP contribution >= 0.6 is 24.0 Å². The summed E-state index contributed by atoms with van der Waals surface area (Å²) in [6.45, 7) is 4.53. The second-order valence-electron chi connectivity index (χ2n) is 6.44. The van der Waals surface area contributed by atoms with Gasteiger partial charge >= 0.3 is 0 Å². The van der Waals surface area contributed by atoms with Gasteiger partial charge in [0, 0.05) is 44.7 Å². The molecule has 0 aromatic heterocycles. The standard InChI is InChI=1S/C18H28N4O2S.HI/c1-15(9-12-25(3,23)24)21-18(19-2)20-14-16-7-6-8-17(13-16)22-10-4-5-11-22;/h4-8,13,15H,9-12,14H2,1-3H3,(H2,19,20,21);1H. The fourth-order valence-corrected chi connectivity index (χ4v) is 3.41. The van der Waals surface area contributed by atoms with Crippen LogP contribution in [0.1, 0.15) is 18.9 Å². The highest BCUT2D eigenvalue weighted by atomic mass is 127. The third-order valence-corrected chi connectivity index (χ3v) is 5.06. The number of nitrogens with zero attached hydrogens (tertiary/aromatic N) is 2. The molecule has 1 unspecified atom stereocenters. The summed E-state index contributed by atoms with van der Waals surface area (Å²) in [5.74, 6) is 0.846. The number of anilines is 1. The van der Waals surface area contributed by atoms with Gasteiger partial charge in [-0.1, -0.05) is 24.3 Å². The highest BCUT2D eigenvalue weighted by Gasteiger charge is 2.10. The molecule has 26 heavy (non-hydrogen) atoms. The van der Waals surface area contributed by atoms with Gasteiger partial charge in [0.05, 0.1) is 5.75 Å². The maximum atomic E-state index is 11.3. The van der Waals surface area contributed by atoms with E-state index in [1.165, 1.54) is 17.5 Å². The van der Waals surface area contributed by atoms with Crippen molar-refractivity contribution < 1.29 is 8.42 Å². The summed E-state index contributed by atoms with van der Waals surface area (Å²) in [4.78, 5) is 6.52. The molecule has 1 aliphatic rings. The molecular formula is C18H29IN4O2S. The third-order valence-electron chi connectivity index (χ3n) is 4.08. The van der Waals surface area contributed by atoms with Crippen LogP contribution in [0.3, 0.4) is 0 Å². The number of nitrogens with one attached hydrogen (secondary N) is 2. The Morgan fingerprint density at radius 2 is 2.00 bits per heavy atom. The van der Waals surface area contributed by atoms with E-state index >= 15 is 0 Å². The molecule has 2 N–H and O–H groups in total. The Labute approximate surface area is 174 Å². The molecule has 146 valence electrons. The minimum Gasteiger partial charge on any atom is -0.364 e. The number of hydrogen-bond donors (Lipinski definition) is 2. The van der Waals surface area contributed by atoms with Crippen LogP contribution in [-0.4, -0.2) is 52.6 Å². The average molecular weight is 492 g/mol. The van der Waals surface area contributed by atoms with Gasteiger partial charge in [-0.25, -0.2) is 8.42 Å². The van der Waals surface area contributed by atoms with E-state index < -0.39 is 9.84 Å². The summed E-state index contributed by atoms with van der Waals surface area (Å²) in [7, 11) is -1.23. The Hall–Kier alpha value is -1.29. The predicted octanol–water partition coefficient (Wildman–Crippen LogP) is 2.17. The van der Waals surface area contributed by atoms with Gasteiger partial charge < -0.3 is 15.5 Å². The molecule has 2 rings (SSSR count). The van der Waals surface area contributed by atoms with Crippen molar-refractivity contribution in [3.63, 3.8) is 0 Å². The number of benzene rings is 1. The summed E-state index contributed by atoms with van der Waals surface area (Å²) in [6, 6.07) is 8.48. The molecule has 0 saturated heterocycles. The summed E-state index contributed by atoms with van der Waals surface area (Å²) in [6.07, 6.45) is 6.16. The van der Waals surface area contributed by atoms with Crippen LogP contribution in [0.15, 0.2) is 41.4 Å². The van der Waals surface area contributed by atoms with Crippen LogP contribution in [-0.2, 0) is 16.4 Å². The number of aliphatic imine (C=N–C) groups is 1. The highest BCUT2D eigenvalue weighted by Crippen LogP contribution is 2.18. The molecule has 8 heteroatoms. The first-order valence-electron chi connectivity index (χ1n) is 8.51. The predicted molar refractivity (Wildman–Crippen MR) is 120 cm³/mol. The summed E-state index contributed by atoms with van der Waals surface area (Å²) in [5.41, 5.74) is 2.39. The maximum Gasteiger partial charge on any atom is 0.191 e. The van der Waals surface area contributed by atoms with Gasteiger partial charge in [0.25, 0.3) is 0 Å². The fourth-order valence-electron chi connectivity index (χ4n) is 2.63. The number of rotatable bonds is 7. The van der Waals surface area contributed by atoms with Gasteiger partial charge in [0.1, 0.15) is 9.84 Å². The van der Waals surface area contributed by atoms with Crippen LogP contribution < -0.4 is 15.5 Å². The Morgan fingerprint density at radius 3 is 2.62 bits per heavy atom. The molecule has 0 radical (unpaired) electrons. The van der Waals surface area contributed by atoms with Gasteiger partial charge in [0.2, 0.25) is 0 Å². The van der Waals surface area contributed by atoms with Crippen molar-refractivity contribution in [2.75, 3.05) is 37.0 Å². The van der Waals surface area contributed by atoms with E-state index in [9.17, 15) is 8.42 Å². The minimum absolute atomic E-state index is 0. The molecular weight excluding hydrogens is 463 g/mol. The molecule has 1 atom stereocenters. The topological polar surface area (TPSA) is 73.8 Å². The Balaban J connectivity index is 0.00000338. The first-order valence-corrected chi connectivity index (χ1v) is 10.6. The van der Waals surface area contributed by atoms with E-state index in [4.69, 9.17) is 0 Å². The lowest BCUT2D eigenvalue weighted by Gasteiger charge is -2.20. The van der Waals surface area contributed by atoms with Crippen LogP contribution in [0.25, 0.3) is 0 Å². The molecule has 0 fully saturated rings. The van der Waals surface area contributed by atoms with E-state index in [0.717, 1.165) is 13.1 Å². The molecule has 1 heterocycles. The lowest BCUT2D eigenvalue weighted by molar-refractivity contribution is 0.581. The van der Waals surface area contributed by atoms with Crippen LogP contribution in [0.5, 0.6) is 0 Å². The van der Waals surface area contributed by atoms with Crippen molar-refractivity contribution in [1.82, 2.24) is 10.6 Å². The zero-order valence-electron chi connectivity index (χ0n) is 15.6. The first kappa shape index (κ1) is 22.8. The van der Waals surface area contributed by atoms with Crippen molar-refractivity contribution >= 4 is 45.5 Å². The second-order valence-corrected chi connectivity index (χ2v) is 8.70. The fraction of sp³-hybridized carbons (Fsp3) is 0.500. The zero-order chi connectivity index (χ0) is 18.3.